The van der Waals surface area contributed by atoms with E-state index in [4.69, 9.17) is 0 Å². The van der Waals surface area contributed by atoms with Crippen LogP contribution in [0.4, 0.5) is 4.39 Å². The molecule has 1 nitrogen and oxygen atoms in total. The summed E-state index contributed by atoms with van der Waals surface area (Å²) in [5, 5.41) is 3.61. The van der Waals surface area contributed by atoms with E-state index in [-0.39, 0.29) is 5.82 Å². The molecule has 2 heteroatoms. The Morgan fingerprint density at radius 3 is 2.58 bits per heavy atom. The Kier molecular flexibility index (Phi) is 5.38. The first kappa shape index (κ1) is 14.5. The molecule has 1 fully saturated rings. The van der Waals surface area contributed by atoms with E-state index in [0.717, 1.165) is 30.5 Å². The number of nitrogens with one attached hydrogen (secondary N) is 1. The lowest BCUT2D eigenvalue weighted by Crippen LogP contribution is -2.25. The second kappa shape index (κ2) is 7.04. The monoisotopic (exact) mass is 263 g/mol. The number of hydrogen-bond acceptors (Lipinski definition) is 1. The predicted octanol–water partition coefficient (Wildman–Crippen LogP) is 4.49. The van der Waals surface area contributed by atoms with Crippen LogP contribution in [0.2, 0.25) is 0 Å². The van der Waals surface area contributed by atoms with Crippen LogP contribution in [-0.2, 0) is 0 Å². The highest BCUT2D eigenvalue weighted by Crippen LogP contribution is 2.28. The van der Waals surface area contributed by atoms with E-state index in [9.17, 15) is 4.39 Å². The van der Waals surface area contributed by atoms with Gasteiger partial charge in [-0.2, -0.15) is 0 Å². The van der Waals surface area contributed by atoms with Gasteiger partial charge in [0.2, 0.25) is 0 Å². The molecule has 1 unspecified atom stereocenters. The van der Waals surface area contributed by atoms with Gasteiger partial charge in [-0.1, -0.05) is 38.8 Å². The van der Waals surface area contributed by atoms with Crippen LogP contribution in [0.5, 0.6) is 0 Å². The Morgan fingerprint density at radius 1 is 1.26 bits per heavy atom. The molecule has 1 atom stereocenters. The molecular formula is C17H26FN. The van der Waals surface area contributed by atoms with Crippen molar-refractivity contribution in [1.29, 1.82) is 0 Å². The predicted molar refractivity (Wildman–Crippen MR) is 78.9 cm³/mol. The zero-order valence-corrected chi connectivity index (χ0v) is 12.2. The van der Waals surface area contributed by atoms with Gasteiger partial charge in [-0.25, -0.2) is 4.39 Å². The molecule has 0 bridgehead atoms. The molecule has 19 heavy (non-hydrogen) atoms. The maximum atomic E-state index is 13.4. The second-order valence-corrected chi connectivity index (χ2v) is 5.85. The molecule has 0 aromatic heterocycles. The molecule has 0 radical (unpaired) electrons. The van der Waals surface area contributed by atoms with E-state index in [1.165, 1.54) is 31.7 Å². The first-order valence-corrected chi connectivity index (χ1v) is 7.71. The zero-order valence-electron chi connectivity index (χ0n) is 12.2. The molecule has 1 saturated carbocycles. The third kappa shape index (κ3) is 4.61. The van der Waals surface area contributed by atoms with Crippen LogP contribution < -0.4 is 5.32 Å². The van der Waals surface area contributed by atoms with Crippen molar-refractivity contribution in [2.45, 2.75) is 57.9 Å². The molecule has 106 valence electrons. The molecule has 1 aliphatic carbocycles. The van der Waals surface area contributed by atoms with Gasteiger partial charge in [-0.05, 0) is 48.8 Å². The Hall–Kier alpha value is -0.890. The summed E-state index contributed by atoms with van der Waals surface area (Å²) in [6.45, 7) is 5.50. The molecule has 1 aromatic rings. The molecule has 0 spiro atoms. The number of benzene rings is 1. The van der Waals surface area contributed by atoms with Gasteiger partial charge in [-0.3, -0.25) is 0 Å². The summed E-state index contributed by atoms with van der Waals surface area (Å²) in [5.74, 6) is 1.08. The number of halogens is 1. The van der Waals surface area contributed by atoms with E-state index in [0.29, 0.717) is 5.92 Å². The van der Waals surface area contributed by atoms with Crippen LogP contribution in [-0.4, -0.2) is 12.6 Å². The molecule has 0 aliphatic heterocycles. The highest BCUT2D eigenvalue weighted by molar-refractivity contribution is 5.21. The lowest BCUT2D eigenvalue weighted by molar-refractivity contribution is 0.396. The third-order valence-electron chi connectivity index (χ3n) is 4.32. The highest BCUT2D eigenvalue weighted by Gasteiger charge is 2.23. The standard InChI is InChI=1S/C17H26FN/c1-3-13(4-2)10-15(12-19-17-8-9-17)14-6-5-7-16(18)11-14/h5-7,11,13,15,17,19H,3-4,8-10,12H2,1-2H3. The topological polar surface area (TPSA) is 12.0 Å². The highest BCUT2D eigenvalue weighted by atomic mass is 19.1. The summed E-state index contributed by atoms with van der Waals surface area (Å²) in [4.78, 5) is 0. The van der Waals surface area contributed by atoms with Crippen molar-refractivity contribution < 1.29 is 4.39 Å². The number of hydrogen-bond donors (Lipinski definition) is 1. The minimum Gasteiger partial charge on any atom is -0.313 e. The van der Waals surface area contributed by atoms with Crippen LogP contribution in [0.15, 0.2) is 24.3 Å². The van der Waals surface area contributed by atoms with Gasteiger partial charge >= 0.3 is 0 Å². The minimum absolute atomic E-state index is 0.113. The lowest BCUT2D eigenvalue weighted by atomic mass is 9.86. The maximum Gasteiger partial charge on any atom is 0.123 e. The van der Waals surface area contributed by atoms with Crippen molar-refractivity contribution in [3.63, 3.8) is 0 Å². The van der Waals surface area contributed by atoms with E-state index in [2.05, 4.69) is 25.2 Å². The average molecular weight is 263 g/mol. The first-order valence-electron chi connectivity index (χ1n) is 7.71. The van der Waals surface area contributed by atoms with E-state index in [1.807, 2.05) is 6.07 Å². The Labute approximate surface area is 116 Å². The second-order valence-electron chi connectivity index (χ2n) is 5.85. The number of rotatable bonds is 8. The van der Waals surface area contributed by atoms with Crippen molar-refractivity contribution in [3.8, 4) is 0 Å². The van der Waals surface area contributed by atoms with Gasteiger partial charge in [0, 0.05) is 12.6 Å². The summed E-state index contributed by atoms with van der Waals surface area (Å²) in [7, 11) is 0. The fourth-order valence-corrected chi connectivity index (χ4v) is 2.72. The van der Waals surface area contributed by atoms with Crippen LogP contribution in [0, 0.1) is 11.7 Å². The fraction of sp³-hybridized carbons (Fsp3) is 0.647. The van der Waals surface area contributed by atoms with Crippen molar-refractivity contribution in [2.24, 2.45) is 5.92 Å². The summed E-state index contributed by atoms with van der Waals surface area (Å²) in [5.41, 5.74) is 1.15. The van der Waals surface area contributed by atoms with Gasteiger partial charge in [0.25, 0.3) is 0 Å². The van der Waals surface area contributed by atoms with Crippen LogP contribution in [0.1, 0.15) is 57.4 Å². The molecule has 1 N–H and O–H groups in total. The molecule has 0 heterocycles. The van der Waals surface area contributed by atoms with Gasteiger partial charge in [-0.15, -0.1) is 0 Å². The fourth-order valence-electron chi connectivity index (χ4n) is 2.72. The third-order valence-corrected chi connectivity index (χ3v) is 4.32. The Morgan fingerprint density at radius 2 is 2.00 bits per heavy atom. The molecule has 0 amide bonds. The summed E-state index contributed by atoms with van der Waals surface area (Å²) in [6.07, 6.45) is 6.20. The SMILES string of the molecule is CCC(CC)CC(CNC1CC1)c1cccc(F)c1. The normalized spacial score (nSPS) is 16.8. The Balaban J connectivity index is 2.02. The lowest BCUT2D eigenvalue weighted by Gasteiger charge is -2.23. The van der Waals surface area contributed by atoms with Crippen molar-refractivity contribution in [2.75, 3.05) is 6.54 Å². The van der Waals surface area contributed by atoms with Crippen molar-refractivity contribution >= 4 is 0 Å². The summed E-state index contributed by atoms with van der Waals surface area (Å²) >= 11 is 0. The van der Waals surface area contributed by atoms with Crippen molar-refractivity contribution in [3.05, 3.63) is 35.6 Å². The van der Waals surface area contributed by atoms with Gasteiger partial charge in [0.1, 0.15) is 5.82 Å². The van der Waals surface area contributed by atoms with E-state index in [1.54, 1.807) is 6.07 Å². The van der Waals surface area contributed by atoms with Crippen LogP contribution >= 0.6 is 0 Å². The molecule has 1 aliphatic rings. The molecule has 1 aromatic carbocycles. The molecule has 0 saturated heterocycles. The largest absolute Gasteiger partial charge is 0.313 e. The first-order chi connectivity index (χ1) is 9.22. The summed E-state index contributed by atoms with van der Waals surface area (Å²) < 4.78 is 13.4. The van der Waals surface area contributed by atoms with Gasteiger partial charge in [0.05, 0.1) is 0 Å². The van der Waals surface area contributed by atoms with Gasteiger partial charge < -0.3 is 5.32 Å². The molecular weight excluding hydrogens is 237 g/mol. The van der Waals surface area contributed by atoms with Crippen molar-refractivity contribution in [1.82, 2.24) is 5.32 Å². The minimum atomic E-state index is -0.113. The van der Waals surface area contributed by atoms with Gasteiger partial charge in [0.15, 0.2) is 0 Å². The van der Waals surface area contributed by atoms with Crippen LogP contribution in [0.25, 0.3) is 0 Å². The summed E-state index contributed by atoms with van der Waals surface area (Å²) in [6, 6.07) is 7.87. The van der Waals surface area contributed by atoms with E-state index >= 15 is 0 Å². The smallest absolute Gasteiger partial charge is 0.123 e. The molecule has 2 rings (SSSR count). The van der Waals surface area contributed by atoms with E-state index < -0.39 is 0 Å². The average Bonchev–Trinajstić information content (AvgIpc) is 3.23. The quantitative estimate of drug-likeness (QED) is 0.728. The maximum absolute atomic E-state index is 13.4. The zero-order chi connectivity index (χ0) is 13.7. The van der Waals surface area contributed by atoms with Crippen LogP contribution in [0.3, 0.4) is 0 Å². The Bertz CT molecular complexity index is 383.